The standard InChI is InChI=1S/C16H15N3O6/c1-24-12-5-3-4-10(6-12)16(21)18-17-9-11-7-13(25-2)8-14(15(11)20)19(22)23/h3-9,20H,1-2H3,(H,18,21)/b17-9+. The fourth-order valence-electron chi connectivity index (χ4n) is 1.96. The van der Waals surface area contributed by atoms with Crippen molar-refractivity contribution in [3.8, 4) is 17.2 Å². The van der Waals surface area contributed by atoms with Crippen LogP contribution in [0.15, 0.2) is 41.5 Å². The second kappa shape index (κ2) is 7.77. The summed E-state index contributed by atoms with van der Waals surface area (Å²) in [4.78, 5) is 22.2. The maximum absolute atomic E-state index is 12.0. The number of benzene rings is 2. The largest absolute Gasteiger partial charge is 0.502 e. The molecule has 130 valence electrons. The number of nitrogens with zero attached hydrogens (tertiary/aromatic N) is 2. The zero-order valence-corrected chi connectivity index (χ0v) is 13.4. The highest BCUT2D eigenvalue weighted by Gasteiger charge is 2.18. The average molecular weight is 345 g/mol. The SMILES string of the molecule is COc1cccc(C(=O)N/N=C/c2cc(OC)cc([N+](=O)[O-])c2O)c1. The second-order valence-electron chi connectivity index (χ2n) is 4.77. The highest BCUT2D eigenvalue weighted by atomic mass is 16.6. The molecule has 0 radical (unpaired) electrons. The molecule has 2 aromatic rings. The maximum Gasteiger partial charge on any atom is 0.315 e. The van der Waals surface area contributed by atoms with Gasteiger partial charge in [0, 0.05) is 11.1 Å². The fraction of sp³-hybridized carbons (Fsp3) is 0.125. The third-order valence-corrected chi connectivity index (χ3v) is 3.23. The monoisotopic (exact) mass is 345 g/mol. The lowest BCUT2D eigenvalue weighted by Gasteiger charge is -2.05. The van der Waals surface area contributed by atoms with Gasteiger partial charge in [-0.2, -0.15) is 5.10 Å². The lowest BCUT2D eigenvalue weighted by Crippen LogP contribution is -2.17. The summed E-state index contributed by atoms with van der Waals surface area (Å²) in [7, 11) is 2.81. The van der Waals surface area contributed by atoms with E-state index in [0.717, 1.165) is 12.3 Å². The van der Waals surface area contributed by atoms with Crippen molar-refractivity contribution in [1.82, 2.24) is 5.43 Å². The van der Waals surface area contributed by atoms with Crippen LogP contribution in [0.25, 0.3) is 0 Å². The van der Waals surface area contributed by atoms with Crippen LogP contribution >= 0.6 is 0 Å². The Morgan fingerprint density at radius 3 is 2.60 bits per heavy atom. The van der Waals surface area contributed by atoms with E-state index in [0.29, 0.717) is 11.3 Å². The molecule has 0 spiro atoms. The van der Waals surface area contributed by atoms with Crippen LogP contribution < -0.4 is 14.9 Å². The molecule has 2 N–H and O–H groups in total. The number of aromatic hydroxyl groups is 1. The number of nitro groups is 1. The molecule has 0 aliphatic rings. The van der Waals surface area contributed by atoms with Crippen LogP contribution in [0.1, 0.15) is 15.9 Å². The summed E-state index contributed by atoms with van der Waals surface area (Å²) in [6, 6.07) is 8.87. The number of hydrazone groups is 1. The van der Waals surface area contributed by atoms with Crippen molar-refractivity contribution in [3.63, 3.8) is 0 Å². The fourth-order valence-corrected chi connectivity index (χ4v) is 1.96. The number of ether oxygens (including phenoxy) is 2. The van der Waals surface area contributed by atoms with Gasteiger partial charge in [0.1, 0.15) is 11.5 Å². The number of hydrogen-bond acceptors (Lipinski definition) is 7. The van der Waals surface area contributed by atoms with Gasteiger partial charge in [0.2, 0.25) is 5.75 Å². The molecule has 0 fully saturated rings. The number of nitrogens with one attached hydrogen (secondary N) is 1. The van der Waals surface area contributed by atoms with Gasteiger partial charge in [-0.15, -0.1) is 0 Å². The van der Waals surface area contributed by atoms with Crippen molar-refractivity contribution in [3.05, 3.63) is 57.6 Å². The minimum Gasteiger partial charge on any atom is -0.502 e. The highest BCUT2D eigenvalue weighted by Crippen LogP contribution is 2.33. The third kappa shape index (κ3) is 4.22. The van der Waals surface area contributed by atoms with E-state index in [1.807, 2.05) is 0 Å². The molecule has 1 amide bonds. The lowest BCUT2D eigenvalue weighted by molar-refractivity contribution is -0.385. The molecule has 0 saturated heterocycles. The predicted molar refractivity (Wildman–Crippen MR) is 89.4 cm³/mol. The van der Waals surface area contributed by atoms with Crippen LogP contribution in [0, 0.1) is 10.1 Å². The summed E-state index contributed by atoms with van der Waals surface area (Å²) in [5.74, 6) is -0.403. The molecule has 0 aromatic heterocycles. The van der Waals surface area contributed by atoms with Crippen molar-refractivity contribution in [1.29, 1.82) is 0 Å². The van der Waals surface area contributed by atoms with E-state index in [1.165, 1.54) is 26.4 Å². The van der Waals surface area contributed by atoms with Gasteiger partial charge < -0.3 is 14.6 Å². The number of carbonyl (C=O) groups is 1. The smallest absolute Gasteiger partial charge is 0.315 e. The van der Waals surface area contributed by atoms with Gasteiger partial charge in [-0.05, 0) is 24.3 Å². The molecule has 0 aliphatic carbocycles. The van der Waals surface area contributed by atoms with E-state index in [4.69, 9.17) is 9.47 Å². The van der Waals surface area contributed by atoms with Gasteiger partial charge in [0.15, 0.2) is 0 Å². The Kier molecular flexibility index (Phi) is 5.51. The van der Waals surface area contributed by atoms with Crippen molar-refractivity contribution in [2.75, 3.05) is 14.2 Å². The van der Waals surface area contributed by atoms with E-state index < -0.39 is 22.3 Å². The molecule has 0 unspecified atom stereocenters. The van der Waals surface area contributed by atoms with Crippen molar-refractivity contribution < 1.29 is 24.3 Å². The minimum absolute atomic E-state index is 0.0250. The Balaban J connectivity index is 2.20. The Morgan fingerprint density at radius 2 is 1.96 bits per heavy atom. The van der Waals surface area contributed by atoms with E-state index in [1.54, 1.807) is 18.2 Å². The molecule has 2 rings (SSSR count). The maximum atomic E-state index is 12.0. The summed E-state index contributed by atoms with van der Waals surface area (Å²) in [6.45, 7) is 0. The lowest BCUT2D eigenvalue weighted by atomic mass is 10.1. The molecule has 0 heterocycles. The third-order valence-electron chi connectivity index (χ3n) is 3.23. The minimum atomic E-state index is -0.746. The first-order valence-electron chi connectivity index (χ1n) is 6.99. The first-order chi connectivity index (χ1) is 12.0. The first kappa shape index (κ1) is 17.7. The van der Waals surface area contributed by atoms with Crippen molar-refractivity contribution in [2.45, 2.75) is 0 Å². The molecule has 0 saturated carbocycles. The average Bonchev–Trinajstić information content (AvgIpc) is 2.62. The van der Waals surface area contributed by atoms with Crippen LogP contribution in [-0.4, -0.2) is 36.4 Å². The molecular formula is C16H15N3O6. The zero-order chi connectivity index (χ0) is 18.4. The number of carbonyl (C=O) groups excluding carboxylic acids is 1. The summed E-state index contributed by atoms with van der Waals surface area (Å²) in [6.07, 6.45) is 1.09. The topological polar surface area (TPSA) is 123 Å². The van der Waals surface area contributed by atoms with E-state index in [2.05, 4.69) is 10.5 Å². The summed E-state index contributed by atoms with van der Waals surface area (Å²) < 4.78 is 9.97. The second-order valence-corrected chi connectivity index (χ2v) is 4.77. The van der Waals surface area contributed by atoms with Crippen LogP contribution in [0.5, 0.6) is 17.2 Å². The van der Waals surface area contributed by atoms with Gasteiger partial charge in [0.25, 0.3) is 5.91 Å². The zero-order valence-electron chi connectivity index (χ0n) is 13.4. The van der Waals surface area contributed by atoms with Crippen LogP contribution in [0.4, 0.5) is 5.69 Å². The molecule has 9 heteroatoms. The van der Waals surface area contributed by atoms with Crippen LogP contribution in [-0.2, 0) is 0 Å². The Morgan fingerprint density at radius 1 is 1.24 bits per heavy atom. The molecule has 0 bridgehead atoms. The van der Waals surface area contributed by atoms with E-state index >= 15 is 0 Å². The van der Waals surface area contributed by atoms with Gasteiger partial charge in [-0.3, -0.25) is 14.9 Å². The van der Waals surface area contributed by atoms with Crippen LogP contribution in [0.2, 0.25) is 0 Å². The van der Waals surface area contributed by atoms with Crippen molar-refractivity contribution >= 4 is 17.8 Å². The molecular weight excluding hydrogens is 330 g/mol. The molecule has 9 nitrogen and oxygen atoms in total. The molecule has 0 aliphatic heterocycles. The summed E-state index contributed by atoms with van der Waals surface area (Å²) in [5.41, 5.74) is 2.08. The highest BCUT2D eigenvalue weighted by molar-refractivity contribution is 5.95. The number of phenols is 1. The van der Waals surface area contributed by atoms with Gasteiger partial charge in [-0.25, -0.2) is 5.43 Å². The van der Waals surface area contributed by atoms with Gasteiger partial charge in [0.05, 0.1) is 31.4 Å². The first-order valence-corrected chi connectivity index (χ1v) is 6.99. The quantitative estimate of drug-likeness (QED) is 0.469. The van der Waals surface area contributed by atoms with Crippen molar-refractivity contribution in [2.24, 2.45) is 5.10 Å². The number of methoxy groups -OCH3 is 2. The summed E-state index contributed by atoms with van der Waals surface area (Å²) in [5, 5.41) is 24.6. The van der Waals surface area contributed by atoms with E-state index in [-0.39, 0.29) is 11.3 Å². The normalized spacial score (nSPS) is 10.5. The molecule has 0 atom stereocenters. The Hall–Kier alpha value is -3.62. The summed E-state index contributed by atoms with van der Waals surface area (Å²) >= 11 is 0. The Labute approximate surface area is 142 Å². The number of hydrogen-bond donors (Lipinski definition) is 2. The number of amides is 1. The van der Waals surface area contributed by atoms with Gasteiger partial charge >= 0.3 is 5.69 Å². The van der Waals surface area contributed by atoms with Crippen LogP contribution in [0.3, 0.4) is 0 Å². The number of phenolic OH excluding ortho intramolecular Hbond substituents is 1. The van der Waals surface area contributed by atoms with Gasteiger partial charge in [-0.1, -0.05) is 6.07 Å². The predicted octanol–water partition coefficient (Wildman–Crippen LogP) is 2.08. The molecule has 25 heavy (non-hydrogen) atoms. The Bertz CT molecular complexity index is 835. The molecule has 2 aromatic carbocycles. The number of rotatable bonds is 6. The number of nitro benzene ring substituents is 1. The van der Waals surface area contributed by atoms with E-state index in [9.17, 15) is 20.0 Å².